The van der Waals surface area contributed by atoms with Crippen molar-refractivity contribution < 1.29 is 19.1 Å². The van der Waals surface area contributed by atoms with Gasteiger partial charge in [-0.25, -0.2) is 14.6 Å². The van der Waals surface area contributed by atoms with Crippen molar-refractivity contribution in [1.29, 1.82) is 0 Å². The number of nitrogens with one attached hydrogen (secondary N) is 2. The molecule has 3 rings (SSSR count). The van der Waals surface area contributed by atoms with Crippen molar-refractivity contribution in [1.82, 2.24) is 20.0 Å². The van der Waals surface area contributed by atoms with Gasteiger partial charge in [-0.3, -0.25) is 14.5 Å². The fourth-order valence-electron chi connectivity index (χ4n) is 2.71. The maximum Gasteiger partial charge on any atom is 0.331 e. The lowest BCUT2D eigenvalue weighted by atomic mass is 10.2. The second kappa shape index (κ2) is 8.33. The molecular formula is C16H17ClN4O4S. The number of imidazole rings is 1. The summed E-state index contributed by atoms with van der Waals surface area (Å²) in [5.74, 6) is -1.41. The molecule has 0 atom stereocenters. The molecule has 0 aromatic carbocycles. The molecule has 1 aliphatic carbocycles. The van der Waals surface area contributed by atoms with Gasteiger partial charge in [0.05, 0.1) is 5.69 Å². The molecule has 138 valence electrons. The summed E-state index contributed by atoms with van der Waals surface area (Å²) < 4.78 is 6.55. The van der Waals surface area contributed by atoms with Crippen molar-refractivity contribution in [3.8, 4) is 0 Å². The first-order valence-electron chi connectivity index (χ1n) is 8.09. The fraction of sp³-hybridized carbons (Fsp3) is 0.375. The van der Waals surface area contributed by atoms with Gasteiger partial charge in [0.2, 0.25) is 0 Å². The summed E-state index contributed by atoms with van der Waals surface area (Å²) >= 11 is 7.42. The first kappa shape index (κ1) is 18.4. The number of esters is 1. The molecule has 2 heterocycles. The highest BCUT2D eigenvalue weighted by atomic mass is 35.5. The summed E-state index contributed by atoms with van der Waals surface area (Å²) in [5.41, 5.74) is 0.542. The highest BCUT2D eigenvalue weighted by molar-refractivity contribution is 7.15. The summed E-state index contributed by atoms with van der Waals surface area (Å²) in [5, 5.41) is 6.96. The Bertz CT molecular complexity index is 854. The summed E-state index contributed by atoms with van der Waals surface area (Å²) in [4.78, 5) is 39.9. The van der Waals surface area contributed by atoms with E-state index in [1.165, 1.54) is 17.4 Å². The molecule has 8 nitrogen and oxygen atoms in total. The number of carbonyl (C=O) groups excluding carboxylic acids is 3. The summed E-state index contributed by atoms with van der Waals surface area (Å²) in [6.45, 7) is -0.546. The summed E-state index contributed by atoms with van der Waals surface area (Å²) in [6, 6.07) is -0.470. The van der Waals surface area contributed by atoms with Gasteiger partial charge >= 0.3 is 12.0 Å². The van der Waals surface area contributed by atoms with Crippen molar-refractivity contribution in [2.75, 3.05) is 6.61 Å². The topological polar surface area (TPSA) is 102 Å². The van der Waals surface area contributed by atoms with Crippen LogP contribution in [0.15, 0.2) is 17.7 Å². The minimum absolute atomic E-state index is 0.0997. The number of hydrogen-bond acceptors (Lipinski definition) is 6. The maximum absolute atomic E-state index is 11.7. The van der Waals surface area contributed by atoms with E-state index in [0.717, 1.165) is 31.8 Å². The maximum atomic E-state index is 11.7. The normalized spacial score (nSPS) is 14.8. The van der Waals surface area contributed by atoms with E-state index in [4.69, 9.17) is 16.3 Å². The molecular weight excluding hydrogens is 380 g/mol. The van der Waals surface area contributed by atoms with E-state index in [2.05, 4.69) is 15.6 Å². The van der Waals surface area contributed by atoms with Crippen LogP contribution in [-0.2, 0) is 14.3 Å². The van der Waals surface area contributed by atoms with Crippen molar-refractivity contribution >= 4 is 51.9 Å². The third-order valence-electron chi connectivity index (χ3n) is 3.92. The van der Waals surface area contributed by atoms with E-state index in [1.807, 2.05) is 5.38 Å². The number of ether oxygens (including phenoxy) is 1. The van der Waals surface area contributed by atoms with Gasteiger partial charge in [0, 0.05) is 23.7 Å². The lowest BCUT2D eigenvalue weighted by molar-refractivity contribution is -0.143. The number of nitrogens with zero attached hydrogens (tertiary/aromatic N) is 2. The number of fused-ring (bicyclic) bond motifs is 1. The van der Waals surface area contributed by atoms with Gasteiger partial charge in [-0.15, -0.1) is 11.3 Å². The molecule has 0 spiro atoms. The molecule has 3 amide bonds. The molecule has 0 unspecified atom stereocenters. The van der Waals surface area contributed by atoms with Crippen LogP contribution in [0.4, 0.5) is 4.79 Å². The number of rotatable bonds is 5. The van der Waals surface area contributed by atoms with Gasteiger partial charge in [-0.05, 0) is 18.9 Å². The third kappa shape index (κ3) is 4.61. The molecule has 2 aromatic heterocycles. The van der Waals surface area contributed by atoms with E-state index in [0.29, 0.717) is 10.7 Å². The largest absolute Gasteiger partial charge is 0.452 e. The lowest BCUT2D eigenvalue weighted by Crippen LogP contribution is -2.44. The zero-order chi connectivity index (χ0) is 18.5. The van der Waals surface area contributed by atoms with Crippen LogP contribution in [0.25, 0.3) is 11.0 Å². The first-order chi connectivity index (χ1) is 12.5. The minimum Gasteiger partial charge on any atom is -0.452 e. The number of urea groups is 1. The molecule has 1 saturated carbocycles. The van der Waals surface area contributed by atoms with Crippen molar-refractivity contribution in [2.45, 2.75) is 31.7 Å². The third-order valence-corrected chi connectivity index (χ3v) is 4.96. The molecule has 10 heteroatoms. The molecule has 0 aliphatic heterocycles. The number of halogens is 1. The highest BCUT2D eigenvalue weighted by Crippen LogP contribution is 2.22. The number of hydrogen-bond donors (Lipinski definition) is 2. The van der Waals surface area contributed by atoms with E-state index >= 15 is 0 Å². The van der Waals surface area contributed by atoms with Gasteiger partial charge in [0.25, 0.3) is 5.91 Å². The highest BCUT2D eigenvalue weighted by Gasteiger charge is 2.18. The Kier molecular flexibility index (Phi) is 5.89. The molecule has 0 saturated heterocycles. The van der Waals surface area contributed by atoms with E-state index in [9.17, 15) is 14.4 Å². The Balaban J connectivity index is 1.44. The molecule has 2 aromatic rings. The van der Waals surface area contributed by atoms with E-state index < -0.39 is 24.5 Å². The van der Waals surface area contributed by atoms with Gasteiger partial charge in [-0.2, -0.15) is 0 Å². The SMILES string of the molecule is O=C(COC(=O)C=Cc1c(Cl)nc2sccn12)NC(=O)NC1CCCC1. The molecule has 0 radical (unpaired) electrons. The average molecular weight is 397 g/mol. The Morgan fingerprint density at radius 3 is 2.92 bits per heavy atom. The van der Waals surface area contributed by atoms with Gasteiger partial charge in [0.15, 0.2) is 16.7 Å². The van der Waals surface area contributed by atoms with Gasteiger partial charge in [-0.1, -0.05) is 24.4 Å². The van der Waals surface area contributed by atoms with Crippen molar-refractivity contribution in [3.05, 3.63) is 28.5 Å². The van der Waals surface area contributed by atoms with Crippen LogP contribution in [0.5, 0.6) is 0 Å². The Labute approximate surface area is 158 Å². The second-order valence-electron chi connectivity index (χ2n) is 5.79. The number of amides is 3. The van der Waals surface area contributed by atoms with Crippen LogP contribution >= 0.6 is 22.9 Å². The molecule has 1 fully saturated rings. The second-order valence-corrected chi connectivity index (χ2v) is 7.02. The van der Waals surface area contributed by atoms with Crippen LogP contribution in [0.1, 0.15) is 31.4 Å². The van der Waals surface area contributed by atoms with E-state index in [-0.39, 0.29) is 11.2 Å². The predicted molar refractivity (Wildman–Crippen MR) is 97.0 cm³/mol. The molecule has 0 bridgehead atoms. The average Bonchev–Trinajstić information content (AvgIpc) is 3.29. The number of aromatic nitrogens is 2. The van der Waals surface area contributed by atoms with Crippen molar-refractivity contribution in [2.24, 2.45) is 0 Å². The minimum atomic E-state index is -0.724. The summed E-state index contributed by atoms with van der Waals surface area (Å²) in [7, 11) is 0. The predicted octanol–water partition coefficient (Wildman–Crippen LogP) is 2.37. The fourth-order valence-corrected chi connectivity index (χ4v) is 3.72. The van der Waals surface area contributed by atoms with Gasteiger partial charge in [0.1, 0.15) is 0 Å². The quantitative estimate of drug-likeness (QED) is 0.596. The van der Waals surface area contributed by atoms with Crippen LogP contribution in [0, 0.1) is 0 Å². The van der Waals surface area contributed by atoms with Crippen LogP contribution in [0.3, 0.4) is 0 Å². The Hall–Kier alpha value is -2.39. The molecule has 26 heavy (non-hydrogen) atoms. The molecule has 1 aliphatic rings. The zero-order valence-electron chi connectivity index (χ0n) is 13.7. The van der Waals surface area contributed by atoms with Crippen LogP contribution in [0.2, 0.25) is 5.15 Å². The standard InChI is InChI=1S/C16H17ClN4O4S/c17-14-11(21-7-8-26-16(21)20-14)5-6-13(23)25-9-12(22)19-15(24)18-10-3-1-2-4-10/h5-8,10H,1-4,9H2,(H2,18,19,22,24). The number of carbonyl (C=O) groups is 3. The van der Waals surface area contributed by atoms with E-state index in [1.54, 1.807) is 10.6 Å². The summed E-state index contributed by atoms with van der Waals surface area (Å²) in [6.07, 6.45) is 8.36. The molecule has 2 N–H and O–H groups in total. The first-order valence-corrected chi connectivity index (χ1v) is 9.35. The lowest BCUT2D eigenvalue weighted by Gasteiger charge is -2.12. The number of imide groups is 1. The Morgan fingerprint density at radius 2 is 2.15 bits per heavy atom. The van der Waals surface area contributed by atoms with Gasteiger partial charge < -0.3 is 10.1 Å². The van der Waals surface area contributed by atoms with Crippen LogP contribution < -0.4 is 10.6 Å². The Morgan fingerprint density at radius 1 is 1.38 bits per heavy atom. The monoisotopic (exact) mass is 396 g/mol. The number of thiazole rings is 1. The zero-order valence-corrected chi connectivity index (χ0v) is 15.3. The smallest absolute Gasteiger partial charge is 0.331 e. The van der Waals surface area contributed by atoms with Crippen molar-refractivity contribution in [3.63, 3.8) is 0 Å². The van der Waals surface area contributed by atoms with Crippen LogP contribution in [-0.4, -0.2) is 39.9 Å².